The highest BCUT2D eigenvalue weighted by atomic mass is 32.2. The zero-order valence-corrected chi connectivity index (χ0v) is 20.1. The molecule has 10 nitrogen and oxygen atoms in total. The lowest BCUT2D eigenvalue weighted by Gasteiger charge is -2.24. The summed E-state index contributed by atoms with van der Waals surface area (Å²) in [4.78, 5) is 24.8. The van der Waals surface area contributed by atoms with Crippen LogP contribution in [-0.2, 0) is 10.0 Å². The fraction of sp³-hybridized carbons (Fsp3) is 0.292. The Morgan fingerprint density at radius 2 is 1.71 bits per heavy atom. The van der Waals surface area contributed by atoms with Crippen LogP contribution in [0.5, 0.6) is 5.75 Å². The summed E-state index contributed by atoms with van der Waals surface area (Å²) in [6, 6.07) is 12.5. The molecule has 0 amide bonds. The molecule has 0 saturated carbocycles. The number of hydrogen-bond donors (Lipinski definition) is 2. The van der Waals surface area contributed by atoms with Crippen LogP contribution in [0.1, 0.15) is 23.7 Å². The van der Waals surface area contributed by atoms with E-state index in [1.807, 2.05) is 6.92 Å². The molecule has 2 aromatic carbocycles. The van der Waals surface area contributed by atoms with E-state index >= 15 is 0 Å². The van der Waals surface area contributed by atoms with E-state index < -0.39 is 16.0 Å². The van der Waals surface area contributed by atoms with Crippen LogP contribution in [0.2, 0.25) is 0 Å². The van der Waals surface area contributed by atoms with Gasteiger partial charge in [0, 0.05) is 44.3 Å². The molecule has 2 N–H and O–H groups in total. The van der Waals surface area contributed by atoms with Crippen molar-refractivity contribution in [3.63, 3.8) is 0 Å². The largest absolute Gasteiger partial charge is 0.494 e. The molecule has 1 aromatic heterocycles. The molecule has 0 radical (unpaired) electrons. The van der Waals surface area contributed by atoms with Gasteiger partial charge in [0.05, 0.1) is 22.8 Å². The van der Waals surface area contributed by atoms with Gasteiger partial charge in [0.2, 0.25) is 5.95 Å². The third kappa shape index (κ3) is 5.80. The number of carboxylic acid groups (broad SMARTS) is 1. The van der Waals surface area contributed by atoms with Crippen molar-refractivity contribution in [1.82, 2.24) is 9.97 Å². The van der Waals surface area contributed by atoms with E-state index in [0.717, 1.165) is 19.5 Å². The summed E-state index contributed by atoms with van der Waals surface area (Å²) < 4.78 is 33.5. The second kappa shape index (κ2) is 10.6. The van der Waals surface area contributed by atoms with Gasteiger partial charge >= 0.3 is 5.97 Å². The van der Waals surface area contributed by atoms with E-state index in [4.69, 9.17) is 4.74 Å². The molecule has 3 aromatic rings. The van der Waals surface area contributed by atoms with Gasteiger partial charge in [-0.3, -0.25) is 4.72 Å². The van der Waals surface area contributed by atoms with Gasteiger partial charge in [-0.25, -0.2) is 23.2 Å². The Morgan fingerprint density at radius 1 is 1.03 bits per heavy atom. The highest BCUT2D eigenvalue weighted by Gasteiger charge is 2.22. The van der Waals surface area contributed by atoms with Gasteiger partial charge in [-0.15, -0.1) is 0 Å². The van der Waals surface area contributed by atoms with E-state index in [9.17, 15) is 18.3 Å². The van der Waals surface area contributed by atoms with Crippen LogP contribution in [0.25, 0.3) is 0 Å². The van der Waals surface area contributed by atoms with Gasteiger partial charge in [0.1, 0.15) is 5.75 Å². The summed E-state index contributed by atoms with van der Waals surface area (Å²) in [5, 5.41) is 9.80. The van der Waals surface area contributed by atoms with Crippen molar-refractivity contribution in [2.75, 3.05) is 47.3 Å². The molecular weight excluding hydrogens is 470 g/mol. The van der Waals surface area contributed by atoms with E-state index in [1.54, 1.807) is 36.7 Å². The molecule has 2 heterocycles. The second-order valence-corrected chi connectivity index (χ2v) is 9.60. The first kappa shape index (κ1) is 24.3. The summed E-state index contributed by atoms with van der Waals surface area (Å²) in [6.07, 6.45) is 4.25. The molecule has 184 valence electrons. The first-order chi connectivity index (χ1) is 16.9. The Balaban J connectivity index is 1.52. The highest BCUT2D eigenvalue weighted by molar-refractivity contribution is 7.92. The monoisotopic (exact) mass is 497 g/mol. The number of aromatic nitrogens is 2. The van der Waals surface area contributed by atoms with Gasteiger partial charge in [0.15, 0.2) is 0 Å². The number of hydrogen-bond acceptors (Lipinski definition) is 8. The van der Waals surface area contributed by atoms with Gasteiger partial charge in [0.25, 0.3) is 10.0 Å². The fourth-order valence-electron chi connectivity index (χ4n) is 3.91. The van der Waals surface area contributed by atoms with Crippen LogP contribution in [0.15, 0.2) is 65.8 Å². The number of anilines is 3. The smallest absolute Gasteiger partial charge is 0.337 e. The number of rotatable bonds is 8. The van der Waals surface area contributed by atoms with Gasteiger partial charge < -0.3 is 19.6 Å². The summed E-state index contributed by atoms with van der Waals surface area (Å²) in [6.45, 7) is 5.13. The molecule has 1 aliphatic heterocycles. The molecule has 35 heavy (non-hydrogen) atoms. The average Bonchev–Trinajstić information content (AvgIpc) is 3.11. The van der Waals surface area contributed by atoms with Crippen molar-refractivity contribution in [2.45, 2.75) is 18.2 Å². The van der Waals surface area contributed by atoms with E-state index in [1.165, 1.54) is 24.3 Å². The molecular formula is C24H27N5O5S. The Kier molecular flexibility index (Phi) is 7.35. The van der Waals surface area contributed by atoms with E-state index in [2.05, 4.69) is 24.5 Å². The number of aromatic carboxylic acids is 1. The first-order valence-corrected chi connectivity index (χ1v) is 12.8. The maximum atomic E-state index is 12.9. The highest BCUT2D eigenvalue weighted by Crippen LogP contribution is 2.27. The van der Waals surface area contributed by atoms with Crippen LogP contribution in [0.4, 0.5) is 17.3 Å². The van der Waals surface area contributed by atoms with Crippen molar-refractivity contribution < 1.29 is 23.1 Å². The van der Waals surface area contributed by atoms with E-state index in [0.29, 0.717) is 37.1 Å². The van der Waals surface area contributed by atoms with Crippen LogP contribution in [-0.4, -0.2) is 62.2 Å². The normalized spacial score (nSPS) is 14.3. The van der Waals surface area contributed by atoms with Gasteiger partial charge in [-0.2, -0.15) is 0 Å². The molecule has 4 rings (SSSR count). The molecule has 11 heteroatoms. The SMILES string of the molecule is CCOc1ccc(S(=O)(=O)Nc2ccc(N3CCCN(c4ncccn4)CC3)cc2C(=O)O)cc1. The quantitative estimate of drug-likeness (QED) is 0.483. The minimum Gasteiger partial charge on any atom is -0.494 e. The molecule has 0 aliphatic carbocycles. The average molecular weight is 498 g/mol. The summed E-state index contributed by atoms with van der Waals surface area (Å²) >= 11 is 0. The maximum absolute atomic E-state index is 12.9. The number of carbonyl (C=O) groups is 1. The summed E-state index contributed by atoms with van der Waals surface area (Å²) in [5.74, 6) is 0.00173. The van der Waals surface area contributed by atoms with Gasteiger partial charge in [-0.05, 0) is 61.9 Å². The molecule has 0 bridgehead atoms. The topological polar surface area (TPSA) is 125 Å². The van der Waals surface area contributed by atoms with Gasteiger partial charge in [-0.1, -0.05) is 0 Å². The zero-order chi connectivity index (χ0) is 24.8. The van der Waals surface area contributed by atoms with Crippen LogP contribution >= 0.6 is 0 Å². The second-order valence-electron chi connectivity index (χ2n) is 7.92. The Labute approximate surface area is 204 Å². The van der Waals surface area contributed by atoms with Crippen LogP contribution in [0, 0.1) is 0 Å². The number of nitrogens with one attached hydrogen (secondary N) is 1. The number of nitrogens with zero attached hydrogens (tertiary/aromatic N) is 4. The predicted octanol–water partition coefficient (Wildman–Crippen LogP) is 3.09. The summed E-state index contributed by atoms with van der Waals surface area (Å²) in [5.41, 5.74) is 0.594. The maximum Gasteiger partial charge on any atom is 0.337 e. The van der Waals surface area contributed by atoms with Crippen molar-refractivity contribution >= 4 is 33.3 Å². The molecule has 1 aliphatic rings. The molecule has 1 fully saturated rings. The van der Waals surface area contributed by atoms with E-state index in [-0.39, 0.29) is 16.1 Å². The molecule has 0 unspecified atom stereocenters. The molecule has 1 saturated heterocycles. The Morgan fingerprint density at radius 3 is 2.40 bits per heavy atom. The third-order valence-corrected chi connectivity index (χ3v) is 7.00. The van der Waals surface area contributed by atoms with Crippen molar-refractivity contribution in [2.24, 2.45) is 0 Å². The van der Waals surface area contributed by atoms with Crippen LogP contribution < -0.4 is 19.3 Å². The lowest BCUT2D eigenvalue weighted by Crippen LogP contribution is -2.31. The number of benzene rings is 2. The molecule has 0 spiro atoms. The minimum absolute atomic E-state index is 0.00395. The van der Waals surface area contributed by atoms with Crippen molar-refractivity contribution in [3.05, 3.63) is 66.5 Å². The van der Waals surface area contributed by atoms with Crippen LogP contribution in [0.3, 0.4) is 0 Å². The fourth-order valence-corrected chi connectivity index (χ4v) is 4.99. The number of sulfonamides is 1. The Hall–Kier alpha value is -3.86. The lowest BCUT2D eigenvalue weighted by molar-refractivity contribution is 0.0698. The number of carboxylic acids is 1. The van der Waals surface area contributed by atoms with Crippen molar-refractivity contribution in [1.29, 1.82) is 0 Å². The first-order valence-electron chi connectivity index (χ1n) is 11.3. The van der Waals surface area contributed by atoms with Crippen molar-refractivity contribution in [3.8, 4) is 5.75 Å². The number of ether oxygens (including phenoxy) is 1. The predicted molar refractivity (Wildman–Crippen MR) is 133 cm³/mol. The minimum atomic E-state index is -3.99. The zero-order valence-electron chi connectivity index (χ0n) is 19.3. The molecule has 0 atom stereocenters. The standard InChI is InChI=1S/C24H27N5O5S/c1-2-34-19-6-8-20(9-7-19)35(32,33)27-22-10-5-18(17-21(22)23(30)31)28-13-4-14-29(16-15-28)24-25-11-3-12-26-24/h3,5-12,17,27H,2,4,13-16H2,1H3,(H,30,31). The Bertz CT molecular complexity index is 1270. The summed E-state index contributed by atoms with van der Waals surface area (Å²) in [7, 11) is -3.99. The third-order valence-electron chi connectivity index (χ3n) is 5.62. The lowest BCUT2D eigenvalue weighted by atomic mass is 10.1.